The van der Waals surface area contributed by atoms with Crippen LogP contribution in [0.25, 0.3) is 21.3 Å². The molecule has 4 heterocycles. The van der Waals surface area contributed by atoms with Crippen LogP contribution in [0.3, 0.4) is 0 Å². The van der Waals surface area contributed by atoms with Crippen LogP contribution in [0.1, 0.15) is 61.0 Å². The molecule has 3 atom stereocenters. The van der Waals surface area contributed by atoms with Crippen LogP contribution in [0.4, 0.5) is 18.3 Å². The number of nitrogens with zero attached hydrogens (tertiary/aromatic N) is 6. The van der Waals surface area contributed by atoms with E-state index >= 15 is 0 Å². The molecule has 1 aromatic carbocycles. The van der Waals surface area contributed by atoms with Crippen molar-refractivity contribution in [1.82, 2.24) is 29.7 Å². The zero-order valence-corrected chi connectivity index (χ0v) is 27.6. The summed E-state index contributed by atoms with van der Waals surface area (Å²) in [4.78, 5) is 46.9. The first-order valence-electron chi connectivity index (χ1n) is 16.4. The van der Waals surface area contributed by atoms with E-state index < -0.39 is 23.9 Å². The molecule has 258 valence electrons. The van der Waals surface area contributed by atoms with Gasteiger partial charge in [-0.05, 0) is 68.9 Å². The van der Waals surface area contributed by atoms with Crippen LogP contribution >= 0.6 is 11.3 Å². The number of halogens is 3. The third-order valence-electron chi connectivity index (χ3n) is 9.68. The normalized spacial score (nSPS) is 24.6. The van der Waals surface area contributed by atoms with Gasteiger partial charge in [0.05, 0.1) is 22.4 Å². The molecule has 49 heavy (non-hydrogen) atoms. The molecule has 7 rings (SSSR count). The van der Waals surface area contributed by atoms with Crippen LogP contribution in [0.5, 0.6) is 0 Å². The smallest absolute Gasteiger partial charge is 0.390 e. The summed E-state index contributed by atoms with van der Waals surface area (Å²) in [6.07, 6.45) is 2.22. The molecule has 0 bridgehead atoms. The number of carbonyl (C=O) groups is 2. The Hall–Kier alpha value is -4.05. The highest BCUT2D eigenvalue weighted by molar-refractivity contribution is 7.22. The van der Waals surface area contributed by atoms with Gasteiger partial charge in [0.25, 0.3) is 5.91 Å². The summed E-state index contributed by atoms with van der Waals surface area (Å²) in [6, 6.07) is 9.38. The average Bonchev–Trinajstić information content (AvgIpc) is 3.67. The number of piperazine rings is 1. The summed E-state index contributed by atoms with van der Waals surface area (Å²) < 4.78 is 46.0. The molecular weight excluding hydrogens is 659 g/mol. The maximum absolute atomic E-state index is 13.1. The summed E-state index contributed by atoms with van der Waals surface area (Å²) in [5.41, 5.74) is 1.25. The van der Waals surface area contributed by atoms with E-state index in [0.29, 0.717) is 43.4 Å². The first-order valence-corrected chi connectivity index (χ1v) is 17.2. The van der Waals surface area contributed by atoms with Gasteiger partial charge in [0.2, 0.25) is 5.91 Å². The maximum Gasteiger partial charge on any atom is 0.433 e. The van der Waals surface area contributed by atoms with Crippen LogP contribution in [-0.2, 0) is 22.3 Å². The minimum Gasteiger partial charge on any atom is -0.390 e. The number of carbonyl (C=O) groups excluding carboxylic acids is 2. The van der Waals surface area contributed by atoms with Gasteiger partial charge in [0, 0.05) is 55.6 Å². The van der Waals surface area contributed by atoms with E-state index in [1.807, 2.05) is 25.1 Å². The number of amides is 2. The van der Waals surface area contributed by atoms with Gasteiger partial charge in [-0.2, -0.15) is 13.2 Å². The number of alkyl halides is 3. The Bertz CT molecular complexity index is 1830. The zero-order valence-electron chi connectivity index (χ0n) is 26.8. The highest BCUT2D eigenvalue weighted by Gasteiger charge is 2.42. The molecule has 0 spiro atoms. The largest absolute Gasteiger partial charge is 0.433 e. The molecular formula is C34H36F3N7O4S. The van der Waals surface area contributed by atoms with E-state index in [9.17, 15) is 27.9 Å². The van der Waals surface area contributed by atoms with Gasteiger partial charge in [-0.3, -0.25) is 14.5 Å². The van der Waals surface area contributed by atoms with Crippen molar-refractivity contribution >= 4 is 38.5 Å². The lowest BCUT2D eigenvalue weighted by molar-refractivity contribution is -0.141. The molecule has 1 saturated heterocycles. The number of ether oxygens (including phenoxy) is 1. The van der Waals surface area contributed by atoms with Crippen molar-refractivity contribution in [1.29, 1.82) is 0 Å². The predicted molar refractivity (Wildman–Crippen MR) is 176 cm³/mol. The summed E-state index contributed by atoms with van der Waals surface area (Å²) >= 11 is 1.40. The molecule has 3 aliphatic rings. The van der Waals surface area contributed by atoms with E-state index in [4.69, 9.17) is 4.74 Å². The van der Waals surface area contributed by atoms with E-state index in [1.54, 1.807) is 17.3 Å². The van der Waals surface area contributed by atoms with Crippen molar-refractivity contribution in [3.8, 4) is 11.1 Å². The van der Waals surface area contributed by atoms with Crippen molar-refractivity contribution in [3.05, 3.63) is 66.0 Å². The van der Waals surface area contributed by atoms with Crippen LogP contribution in [0.2, 0.25) is 0 Å². The summed E-state index contributed by atoms with van der Waals surface area (Å²) in [7, 11) is 0. The molecule has 2 N–H and O–H groups in total. The van der Waals surface area contributed by atoms with Gasteiger partial charge in [-0.1, -0.05) is 23.5 Å². The van der Waals surface area contributed by atoms with Crippen LogP contribution in [0, 0.1) is 5.92 Å². The predicted octanol–water partition coefficient (Wildman–Crippen LogP) is 5.16. The Kier molecular flexibility index (Phi) is 9.35. The Balaban J connectivity index is 0.897. The summed E-state index contributed by atoms with van der Waals surface area (Å²) in [6.45, 7) is 3.55. The second-order valence-electron chi connectivity index (χ2n) is 13.0. The molecule has 11 nitrogen and oxygen atoms in total. The number of nitrogens with one attached hydrogen (secondary N) is 1. The quantitative estimate of drug-likeness (QED) is 0.257. The van der Waals surface area contributed by atoms with Gasteiger partial charge < -0.3 is 20.1 Å². The lowest BCUT2D eigenvalue weighted by Crippen LogP contribution is -2.60. The number of pyridine rings is 1. The monoisotopic (exact) mass is 695 g/mol. The number of rotatable bonds is 8. The molecule has 15 heteroatoms. The van der Waals surface area contributed by atoms with Crippen LogP contribution in [0.15, 0.2) is 48.8 Å². The van der Waals surface area contributed by atoms with E-state index in [1.165, 1.54) is 23.5 Å². The third-order valence-corrected chi connectivity index (χ3v) is 10.6. The average molecular weight is 696 g/mol. The Labute approximate surface area is 284 Å². The fourth-order valence-corrected chi connectivity index (χ4v) is 7.78. The van der Waals surface area contributed by atoms with E-state index in [2.05, 4.69) is 30.2 Å². The van der Waals surface area contributed by atoms with Gasteiger partial charge in [-0.15, -0.1) is 0 Å². The second kappa shape index (κ2) is 13.7. The third kappa shape index (κ3) is 7.30. The molecule has 2 saturated carbocycles. The van der Waals surface area contributed by atoms with Gasteiger partial charge in [0.15, 0.2) is 11.0 Å². The van der Waals surface area contributed by atoms with Crippen LogP contribution in [-0.4, -0.2) is 90.6 Å². The number of aliphatic hydroxyl groups excluding tert-OH is 1. The van der Waals surface area contributed by atoms with Crippen molar-refractivity contribution in [2.45, 2.75) is 76.1 Å². The molecule has 3 fully saturated rings. The summed E-state index contributed by atoms with van der Waals surface area (Å²) in [5.74, 6) is -0.197. The van der Waals surface area contributed by atoms with Crippen molar-refractivity contribution in [2.75, 3.05) is 25.0 Å². The molecule has 1 aliphatic heterocycles. The SMILES string of the molecule is C[C@H]1CN(C(=O)c2cccc(C(F)(F)F)n2)CCN1[C@H]1C[C@@H](C(=O)Nc2nc3ccc(-c4cnc(CO[C@H]5CCC[C@@H]5O)nc4)cc3s2)C1. The molecule has 2 aliphatic carbocycles. The fourth-order valence-electron chi connectivity index (χ4n) is 6.87. The molecule has 2 amide bonds. The lowest BCUT2D eigenvalue weighted by atomic mass is 9.78. The molecule has 4 aromatic rings. The number of thiazole rings is 1. The van der Waals surface area contributed by atoms with E-state index in [0.717, 1.165) is 46.7 Å². The minimum atomic E-state index is -4.62. The first-order chi connectivity index (χ1) is 23.5. The van der Waals surface area contributed by atoms with E-state index in [-0.39, 0.29) is 42.3 Å². The molecule has 0 unspecified atom stereocenters. The Morgan fingerprint density at radius 3 is 2.57 bits per heavy atom. The number of hydrogen-bond donors (Lipinski definition) is 2. The molecule has 3 aromatic heterocycles. The Morgan fingerprint density at radius 1 is 1.06 bits per heavy atom. The minimum absolute atomic E-state index is 0.0168. The number of aromatic nitrogens is 4. The Morgan fingerprint density at radius 2 is 1.86 bits per heavy atom. The number of fused-ring (bicyclic) bond motifs is 1. The zero-order chi connectivity index (χ0) is 34.3. The highest BCUT2D eigenvalue weighted by Crippen LogP contribution is 2.36. The van der Waals surface area contributed by atoms with Gasteiger partial charge >= 0.3 is 6.18 Å². The van der Waals surface area contributed by atoms with Crippen LogP contribution < -0.4 is 5.32 Å². The second-order valence-corrected chi connectivity index (χ2v) is 14.0. The number of anilines is 1. The van der Waals surface area contributed by atoms with Crippen molar-refractivity contribution in [2.24, 2.45) is 5.92 Å². The molecule has 0 radical (unpaired) electrons. The number of aliphatic hydroxyl groups is 1. The highest BCUT2D eigenvalue weighted by atomic mass is 32.1. The van der Waals surface area contributed by atoms with Crippen molar-refractivity contribution in [3.63, 3.8) is 0 Å². The lowest BCUT2D eigenvalue weighted by Gasteiger charge is -2.49. The maximum atomic E-state index is 13.1. The standard InChI is InChI=1S/C34H36F3N7O4S/c1-19-17-43(32(47)25-4-2-7-29(40-25)34(35,36)37)10-11-44(19)23-12-21(13-23)31(46)42-33-41-24-9-8-20(14-28(24)49-33)22-15-38-30(39-16-22)18-48-27-6-3-5-26(27)45/h2,4,7-9,14-16,19,21,23,26-27,45H,3,5-6,10-13,17-18H2,1H3,(H,41,42,46)/t19-,21-,23+,26-,27-/m0/s1. The first kappa shape index (κ1) is 33.4. The fraction of sp³-hybridized carbons (Fsp3) is 0.471. The summed E-state index contributed by atoms with van der Waals surface area (Å²) in [5, 5.41) is 13.5. The number of benzene rings is 1. The topological polar surface area (TPSA) is 134 Å². The van der Waals surface area contributed by atoms with Crippen molar-refractivity contribution < 1.29 is 32.6 Å². The number of hydrogen-bond acceptors (Lipinski definition) is 10. The van der Waals surface area contributed by atoms with Gasteiger partial charge in [0.1, 0.15) is 18.0 Å². The van der Waals surface area contributed by atoms with Gasteiger partial charge in [-0.25, -0.2) is 19.9 Å².